The summed E-state index contributed by atoms with van der Waals surface area (Å²) in [6.45, 7) is 5.52. The molecular weight excluding hydrogens is 406 g/mol. The van der Waals surface area contributed by atoms with E-state index in [0.29, 0.717) is 6.54 Å². The number of carbonyl (C=O) groups is 1. The average Bonchev–Trinajstić information content (AvgIpc) is 3.28. The normalized spacial score (nSPS) is 14.4. The van der Waals surface area contributed by atoms with Gasteiger partial charge in [-0.25, -0.2) is 0 Å². The van der Waals surface area contributed by atoms with Crippen molar-refractivity contribution in [1.82, 2.24) is 10.2 Å². The number of benzene rings is 2. The first kappa shape index (κ1) is 21.4. The van der Waals surface area contributed by atoms with Gasteiger partial charge in [0, 0.05) is 50.3 Å². The molecule has 0 atom stereocenters. The molecule has 4 rings (SSSR count). The quantitative estimate of drug-likeness (QED) is 0.643. The van der Waals surface area contributed by atoms with Crippen LogP contribution in [0, 0.1) is 0 Å². The summed E-state index contributed by atoms with van der Waals surface area (Å²) in [6, 6.07) is 16.5. The fraction of sp³-hybridized carbons (Fsp3) is 0.318. The van der Waals surface area contributed by atoms with Gasteiger partial charge >= 0.3 is 0 Å². The second kappa shape index (κ2) is 9.96. The molecular formula is C22H26ClN3O2S. The van der Waals surface area contributed by atoms with Crippen molar-refractivity contribution in [2.45, 2.75) is 0 Å². The maximum absolute atomic E-state index is 12.0. The van der Waals surface area contributed by atoms with E-state index >= 15 is 0 Å². The first-order chi connectivity index (χ1) is 13.7. The Morgan fingerprint density at radius 1 is 1.10 bits per heavy atom. The molecule has 0 spiro atoms. The molecule has 1 aliphatic rings. The Morgan fingerprint density at radius 3 is 2.66 bits per heavy atom. The Kier molecular flexibility index (Phi) is 7.36. The van der Waals surface area contributed by atoms with Crippen LogP contribution in [-0.4, -0.2) is 57.2 Å². The van der Waals surface area contributed by atoms with Crippen molar-refractivity contribution in [3.05, 3.63) is 58.8 Å². The fourth-order valence-corrected chi connectivity index (χ4v) is 4.31. The Bertz CT molecular complexity index is 940. The van der Waals surface area contributed by atoms with Crippen molar-refractivity contribution in [1.29, 1.82) is 0 Å². The number of thiophene rings is 1. The van der Waals surface area contributed by atoms with Crippen LogP contribution in [0.4, 0.5) is 5.69 Å². The van der Waals surface area contributed by atoms with Crippen LogP contribution in [0.2, 0.25) is 0 Å². The molecule has 0 bridgehead atoms. The van der Waals surface area contributed by atoms with E-state index in [2.05, 4.69) is 45.4 Å². The maximum atomic E-state index is 12.0. The van der Waals surface area contributed by atoms with Crippen LogP contribution in [0.25, 0.3) is 10.8 Å². The number of amides is 1. The summed E-state index contributed by atoms with van der Waals surface area (Å²) in [4.78, 5) is 17.7. The van der Waals surface area contributed by atoms with Crippen LogP contribution in [0.3, 0.4) is 0 Å². The molecule has 0 aliphatic carbocycles. The molecule has 29 heavy (non-hydrogen) atoms. The number of carbonyl (C=O) groups excluding carboxylic acids is 1. The minimum Gasteiger partial charge on any atom is -0.497 e. The predicted molar refractivity (Wildman–Crippen MR) is 123 cm³/mol. The molecule has 1 amide bonds. The third kappa shape index (κ3) is 5.01. The van der Waals surface area contributed by atoms with Gasteiger partial charge in [-0.05, 0) is 35.0 Å². The molecule has 154 valence electrons. The minimum atomic E-state index is 0. The summed E-state index contributed by atoms with van der Waals surface area (Å²) in [5.74, 6) is 0.915. The molecule has 0 unspecified atom stereocenters. The van der Waals surface area contributed by atoms with Gasteiger partial charge in [0.05, 0.1) is 12.0 Å². The Morgan fingerprint density at radius 2 is 1.93 bits per heavy atom. The third-order valence-corrected chi connectivity index (χ3v) is 6.11. The van der Waals surface area contributed by atoms with Gasteiger partial charge in [-0.1, -0.05) is 24.3 Å². The van der Waals surface area contributed by atoms with E-state index in [0.717, 1.165) is 43.4 Å². The monoisotopic (exact) mass is 431 g/mol. The number of nitrogens with one attached hydrogen (secondary N) is 1. The molecule has 5 nitrogen and oxygen atoms in total. The molecule has 1 aliphatic heterocycles. The van der Waals surface area contributed by atoms with Gasteiger partial charge in [-0.2, -0.15) is 0 Å². The Labute approximate surface area is 181 Å². The van der Waals surface area contributed by atoms with E-state index in [-0.39, 0.29) is 18.3 Å². The molecule has 0 saturated carbocycles. The van der Waals surface area contributed by atoms with Crippen molar-refractivity contribution in [3.63, 3.8) is 0 Å². The highest BCUT2D eigenvalue weighted by molar-refractivity contribution is 7.12. The number of methoxy groups -OCH3 is 1. The first-order valence-corrected chi connectivity index (χ1v) is 10.5. The zero-order valence-electron chi connectivity index (χ0n) is 16.5. The molecule has 0 radical (unpaired) electrons. The van der Waals surface area contributed by atoms with Gasteiger partial charge in [-0.3, -0.25) is 9.69 Å². The van der Waals surface area contributed by atoms with Crippen LogP contribution >= 0.6 is 23.7 Å². The molecule has 2 aromatic carbocycles. The molecule has 1 aromatic heterocycles. The van der Waals surface area contributed by atoms with Crippen molar-refractivity contribution in [3.8, 4) is 5.75 Å². The highest BCUT2D eigenvalue weighted by atomic mass is 35.5. The number of hydrogen-bond acceptors (Lipinski definition) is 5. The fourth-order valence-electron chi connectivity index (χ4n) is 3.67. The molecule has 1 N–H and O–H groups in total. The topological polar surface area (TPSA) is 44.8 Å². The number of ether oxygens (including phenoxy) is 1. The van der Waals surface area contributed by atoms with Crippen LogP contribution in [0.15, 0.2) is 53.9 Å². The van der Waals surface area contributed by atoms with Gasteiger partial charge in [0.2, 0.25) is 0 Å². The van der Waals surface area contributed by atoms with Crippen LogP contribution < -0.4 is 15.0 Å². The number of rotatable bonds is 6. The van der Waals surface area contributed by atoms with E-state index in [1.54, 1.807) is 7.11 Å². The summed E-state index contributed by atoms with van der Waals surface area (Å²) in [5.41, 5.74) is 1.27. The SMILES string of the molecule is COc1ccc2cccc(N3CCN(CCNC(=O)c4cccs4)CC3)c2c1.Cl. The zero-order valence-corrected chi connectivity index (χ0v) is 18.1. The van der Waals surface area contributed by atoms with E-state index < -0.39 is 0 Å². The van der Waals surface area contributed by atoms with Crippen molar-refractivity contribution in [2.24, 2.45) is 0 Å². The standard InChI is InChI=1S/C22H25N3O2S.ClH/c1-27-18-8-7-17-4-2-5-20(19(17)16-18)25-13-11-24(12-14-25)10-9-23-22(26)21-6-3-15-28-21;/h2-8,15-16H,9-14H2,1H3,(H,23,26);1H. The highest BCUT2D eigenvalue weighted by Crippen LogP contribution is 2.30. The molecule has 7 heteroatoms. The summed E-state index contributed by atoms with van der Waals surface area (Å²) in [6.07, 6.45) is 0. The maximum Gasteiger partial charge on any atom is 0.261 e. The lowest BCUT2D eigenvalue weighted by Crippen LogP contribution is -2.48. The number of hydrogen-bond donors (Lipinski definition) is 1. The van der Waals surface area contributed by atoms with E-state index in [1.807, 2.05) is 23.6 Å². The molecule has 3 aromatic rings. The Hall–Kier alpha value is -2.28. The summed E-state index contributed by atoms with van der Waals surface area (Å²) in [7, 11) is 1.71. The number of halogens is 1. The largest absolute Gasteiger partial charge is 0.497 e. The van der Waals surface area contributed by atoms with Gasteiger partial charge in [0.15, 0.2) is 0 Å². The number of nitrogens with zero attached hydrogens (tertiary/aromatic N) is 2. The van der Waals surface area contributed by atoms with Crippen molar-refractivity contribution in [2.75, 3.05) is 51.3 Å². The van der Waals surface area contributed by atoms with Gasteiger partial charge in [0.1, 0.15) is 5.75 Å². The lowest BCUT2D eigenvalue weighted by Gasteiger charge is -2.36. The number of fused-ring (bicyclic) bond motifs is 1. The molecule has 2 heterocycles. The van der Waals surface area contributed by atoms with Gasteiger partial charge in [-0.15, -0.1) is 23.7 Å². The van der Waals surface area contributed by atoms with E-state index in [4.69, 9.17) is 4.74 Å². The summed E-state index contributed by atoms with van der Waals surface area (Å²) in [5, 5.41) is 7.41. The summed E-state index contributed by atoms with van der Waals surface area (Å²) < 4.78 is 5.41. The summed E-state index contributed by atoms with van der Waals surface area (Å²) >= 11 is 1.48. The second-order valence-corrected chi connectivity index (χ2v) is 7.87. The van der Waals surface area contributed by atoms with Gasteiger partial charge in [0.25, 0.3) is 5.91 Å². The Balaban J connectivity index is 0.00000240. The molecule has 1 saturated heterocycles. The minimum absolute atomic E-state index is 0. The van der Waals surface area contributed by atoms with Crippen LogP contribution in [0.1, 0.15) is 9.67 Å². The number of piperazine rings is 1. The van der Waals surface area contributed by atoms with Crippen molar-refractivity contribution >= 4 is 46.1 Å². The highest BCUT2D eigenvalue weighted by Gasteiger charge is 2.19. The third-order valence-electron chi connectivity index (χ3n) is 5.24. The van der Waals surface area contributed by atoms with Crippen LogP contribution in [-0.2, 0) is 0 Å². The molecule has 1 fully saturated rings. The second-order valence-electron chi connectivity index (χ2n) is 6.93. The van der Waals surface area contributed by atoms with Crippen LogP contribution in [0.5, 0.6) is 5.75 Å². The van der Waals surface area contributed by atoms with Crippen molar-refractivity contribution < 1.29 is 9.53 Å². The van der Waals surface area contributed by atoms with E-state index in [1.165, 1.54) is 27.8 Å². The first-order valence-electron chi connectivity index (χ1n) is 9.60. The van der Waals surface area contributed by atoms with Gasteiger partial charge < -0.3 is 15.0 Å². The van der Waals surface area contributed by atoms with E-state index in [9.17, 15) is 4.79 Å². The predicted octanol–water partition coefficient (Wildman–Crippen LogP) is 3.88. The lowest BCUT2D eigenvalue weighted by atomic mass is 10.1. The smallest absolute Gasteiger partial charge is 0.261 e. The lowest BCUT2D eigenvalue weighted by molar-refractivity contribution is 0.0952. The number of anilines is 1. The zero-order chi connectivity index (χ0) is 19.3. The average molecular weight is 432 g/mol.